The fourth-order valence-electron chi connectivity index (χ4n) is 3.00. The molecule has 1 aliphatic carbocycles. The average Bonchev–Trinajstić information content (AvgIpc) is 2.83. The topological polar surface area (TPSA) is 12.0 Å². The van der Waals surface area contributed by atoms with Crippen molar-refractivity contribution in [3.05, 3.63) is 70.5 Å². The zero-order valence-corrected chi connectivity index (χ0v) is 11.7. The Hall–Kier alpha value is -1.81. The van der Waals surface area contributed by atoms with Gasteiger partial charge in [0.1, 0.15) is 17.5 Å². The third-order valence-corrected chi connectivity index (χ3v) is 4.06. The molecule has 0 amide bonds. The van der Waals surface area contributed by atoms with Crippen molar-refractivity contribution in [1.29, 1.82) is 0 Å². The molecule has 0 saturated carbocycles. The van der Waals surface area contributed by atoms with Crippen molar-refractivity contribution >= 4 is 0 Å². The van der Waals surface area contributed by atoms with Gasteiger partial charge in [-0.2, -0.15) is 0 Å². The maximum absolute atomic E-state index is 13.8. The van der Waals surface area contributed by atoms with Gasteiger partial charge in [-0.1, -0.05) is 6.07 Å². The van der Waals surface area contributed by atoms with Crippen LogP contribution in [0, 0.1) is 17.5 Å². The Bertz CT molecular complexity index is 669. The average molecular weight is 291 g/mol. The van der Waals surface area contributed by atoms with Gasteiger partial charge in [-0.15, -0.1) is 0 Å². The number of benzene rings is 2. The lowest BCUT2D eigenvalue weighted by molar-refractivity contribution is 0.447. The summed E-state index contributed by atoms with van der Waals surface area (Å²) in [7, 11) is 0. The molecule has 1 aliphatic rings. The van der Waals surface area contributed by atoms with Crippen molar-refractivity contribution in [2.75, 3.05) is 0 Å². The Morgan fingerprint density at radius 1 is 1.05 bits per heavy atom. The summed E-state index contributed by atoms with van der Waals surface area (Å²) in [5.41, 5.74) is 2.34. The molecule has 1 nitrogen and oxygen atoms in total. The monoisotopic (exact) mass is 291 g/mol. The molecule has 3 rings (SSSR count). The molecule has 0 saturated heterocycles. The molecule has 0 spiro atoms. The maximum Gasteiger partial charge on any atom is 0.128 e. The smallest absolute Gasteiger partial charge is 0.128 e. The second-order valence-electron chi connectivity index (χ2n) is 5.49. The predicted octanol–water partition coefficient (Wildman–Crippen LogP) is 4.44. The summed E-state index contributed by atoms with van der Waals surface area (Å²) in [5, 5.41) is 3.31. The van der Waals surface area contributed by atoms with E-state index in [0.29, 0.717) is 5.56 Å². The fourth-order valence-corrected chi connectivity index (χ4v) is 3.00. The Morgan fingerprint density at radius 3 is 2.57 bits per heavy atom. The molecule has 0 radical (unpaired) electrons. The third kappa shape index (κ3) is 2.81. The highest BCUT2D eigenvalue weighted by molar-refractivity contribution is 5.35. The van der Waals surface area contributed by atoms with E-state index in [4.69, 9.17) is 0 Å². The van der Waals surface area contributed by atoms with Crippen LogP contribution in [0.1, 0.15) is 42.1 Å². The first-order chi connectivity index (χ1) is 10.0. The first-order valence-electron chi connectivity index (χ1n) is 7.04. The summed E-state index contributed by atoms with van der Waals surface area (Å²) in [6.45, 7) is 1.80. The van der Waals surface area contributed by atoms with Gasteiger partial charge in [0.2, 0.25) is 0 Å². The van der Waals surface area contributed by atoms with E-state index in [1.54, 1.807) is 19.1 Å². The van der Waals surface area contributed by atoms with Crippen LogP contribution < -0.4 is 5.32 Å². The normalized spacial score (nSPS) is 18.6. The van der Waals surface area contributed by atoms with Gasteiger partial charge in [-0.25, -0.2) is 13.2 Å². The predicted molar refractivity (Wildman–Crippen MR) is 75.4 cm³/mol. The van der Waals surface area contributed by atoms with Crippen LogP contribution in [-0.2, 0) is 6.42 Å². The number of halogens is 3. The first-order valence-corrected chi connectivity index (χ1v) is 7.04. The lowest BCUT2D eigenvalue weighted by atomic mass is 10.0. The van der Waals surface area contributed by atoms with Crippen LogP contribution in [-0.4, -0.2) is 0 Å². The number of fused-ring (bicyclic) bond motifs is 1. The van der Waals surface area contributed by atoms with E-state index in [1.165, 1.54) is 12.1 Å². The standard InChI is InChI=1S/C17H16F3N/c1-10(15-9-13(19)4-6-16(15)20)21-17-7-2-11-8-12(18)3-5-14(11)17/h3-6,8-10,17,21H,2,7H2,1H3. The highest BCUT2D eigenvalue weighted by Crippen LogP contribution is 2.33. The van der Waals surface area contributed by atoms with Gasteiger partial charge in [0.05, 0.1) is 0 Å². The zero-order chi connectivity index (χ0) is 15.0. The van der Waals surface area contributed by atoms with Crippen LogP contribution in [0.25, 0.3) is 0 Å². The SMILES string of the molecule is CC(NC1CCc2cc(F)ccc21)c1cc(F)ccc1F. The largest absolute Gasteiger partial charge is 0.303 e. The fraction of sp³-hybridized carbons (Fsp3) is 0.294. The number of hydrogen-bond donors (Lipinski definition) is 1. The Balaban J connectivity index is 1.81. The molecule has 4 heteroatoms. The van der Waals surface area contributed by atoms with Crippen molar-refractivity contribution in [2.24, 2.45) is 0 Å². The zero-order valence-electron chi connectivity index (χ0n) is 11.7. The minimum absolute atomic E-state index is 0.0401. The highest BCUT2D eigenvalue weighted by atomic mass is 19.1. The van der Waals surface area contributed by atoms with Gasteiger partial charge in [-0.05, 0) is 61.2 Å². The van der Waals surface area contributed by atoms with E-state index < -0.39 is 11.6 Å². The lowest BCUT2D eigenvalue weighted by Gasteiger charge is -2.21. The molecule has 0 heterocycles. The molecule has 2 aromatic carbocycles. The van der Waals surface area contributed by atoms with E-state index >= 15 is 0 Å². The van der Waals surface area contributed by atoms with Crippen molar-refractivity contribution < 1.29 is 13.2 Å². The second-order valence-corrected chi connectivity index (χ2v) is 5.49. The van der Waals surface area contributed by atoms with Crippen LogP contribution in [0.3, 0.4) is 0 Å². The molecule has 21 heavy (non-hydrogen) atoms. The van der Waals surface area contributed by atoms with Gasteiger partial charge < -0.3 is 5.32 Å². The van der Waals surface area contributed by atoms with E-state index in [1.807, 2.05) is 0 Å². The maximum atomic E-state index is 13.8. The molecular formula is C17H16F3N. The van der Waals surface area contributed by atoms with Crippen molar-refractivity contribution in [3.8, 4) is 0 Å². The third-order valence-electron chi connectivity index (χ3n) is 4.06. The molecule has 2 atom stereocenters. The molecule has 0 bridgehead atoms. The van der Waals surface area contributed by atoms with Gasteiger partial charge in [0, 0.05) is 17.6 Å². The lowest BCUT2D eigenvalue weighted by Crippen LogP contribution is -2.23. The van der Waals surface area contributed by atoms with Gasteiger partial charge >= 0.3 is 0 Å². The molecule has 2 aromatic rings. The summed E-state index contributed by atoms with van der Waals surface area (Å²) in [5.74, 6) is -1.11. The summed E-state index contributed by atoms with van der Waals surface area (Å²) in [4.78, 5) is 0. The molecule has 1 N–H and O–H groups in total. The van der Waals surface area contributed by atoms with Crippen LogP contribution >= 0.6 is 0 Å². The minimum Gasteiger partial charge on any atom is -0.303 e. The number of rotatable bonds is 3. The molecule has 2 unspecified atom stereocenters. The van der Waals surface area contributed by atoms with E-state index in [9.17, 15) is 13.2 Å². The molecule has 0 aromatic heterocycles. The Morgan fingerprint density at radius 2 is 1.76 bits per heavy atom. The summed E-state index contributed by atoms with van der Waals surface area (Å²) >= 11 is 0. The number of aryl methyl sites for hydroxylation is 1. The van der Waals surface area contributed by atoms with Crippen molar-refractivity contribution in [2.45, 2.75) is 31.8 Å². The number of hydrogen-bond acceptors (Lipinski definition) is 1. The molecule has 110 valence electrons. The van der Waals surface area contributed by atoms with E-state index in [2.05, 4.69) is 5.32 Å². The summed E-state index contributed by atoms with van der Waals surface area (Å²) < 4.78 is 40.3. The summed E-state index contributed by atoms with van der Waals surface area (Å²) in [6.07, 6.45) is 1.63. The minimum atomic E-state index is -0.450. The van der Waals surface area contributed by atoms with E-state index in [0.717, 1.165) is 36.1 Å². The second kappa shape index (κ2) is 5.53. The van der Waals surface area contributed by atoms with Gasteiger partial charge in [0.15, 0.2) is 0 Å². The Kier molecular flexibility index (Phi) is 3.72. The molecule has 0 aliphatic heterocycles. The van der Waals surface area contributed by atoms with Gasteiger partial charge in [-0.3, -0.25) is 0 Å². The van der Waals surface area contributed by atoms with Gasteiger partial charge in [0.25, 0.3) is 0 Å². The number of nitrogens with one attached hydrogen (secondary N) is 1. The molecule has 0 fully saturated rings. The van der Waals surface area contributed by atoms with Crippen molar-refractivity contribution in [3.63, 3.8) is 0 Å². The highest BCUT2D eigenvalue weighted by Gasteiger charge is 2.25. The van der Waals surface area contributed by atoms with Crippen LogP contribution in [0.5, 0.6) is 0 Å². The van der Waals surface area contributed by atoms with Crippen LogP contribution in [0.15, 0.2) is 36.4 Å². The molecular weight excluding hydrogens is 275 g/mol. The van der Waals surface area contributed by atoms with E-state index in [-0.39, 0.29) is 17.9 Å². The Labute approximate surface area is 121 Å². The van der Waals surface area contributed by atoms with Crippen LogP contribution in [0.2, 0.25) is 0 Å². The quantitative estimate of drug-likeness (QED) is 0.881. The van der Waals surface area contributed by atoms with Crippen molar-refractivity contribution in [1.82, 2.24) is 5.32 Å². The van der Waals surface area contributed by atoms with Crippen LogP contribution in [0.4, 0.5) is 13.2 Å². The summed E-state index contributed by atoms with van der Waals surface area (Å²) in [6, 6.07) is 7.94. The first kappa shape index (κ1) is 14.1.